The van der Waals surface area contributed by atoms with E-state index in [-0.39, 0.29) is 0 Å². The van der Waals surface area contributed by atoms with Gasteiger partial charge in [-0.2, -0.15) is 5.26 Å². The molecule has 0 amide bonds. The molecule has 0 radical (unpaired) electrons. The zero-order valence-electron chi connectivity index (χ0n) is 12.4. The van der Waals surface area contributed by atoms with E-state index in [0.29, 0.717) is 23.5 Å². The van der Waals surface area contributed by atoms with E-state index in [1.165, 1.54) is 32.1 Å². The molecule has 0 heterocycles. The lowest BCUT2D eigenvalue weighted by atomic mass is 9.55. The van der Waals surface area contributed by atoms with Crippen molar-refractivity contribution in [3.05, 3.63) is 23.8 Å². The molecule has 3 heteroatoms. The molecule has 110 valence electrons. The van der Waals surface area contributed by atoms with E-state index in [4.69, 9.17) is 14.7 Å². The van der Waals surface area contributed by atoms with Crippen molar-refractivity contribution in [3.8, 4) is 17.6 Å². The first-order valence-electron chi connectivity index (χ1n) is 8.01. The minimum Gasteiger partial charge on any atom is -0.493 e. The molecule has 4 saturated carbocycles. The SMILES string of the molecule is COc1ccc(C#N)cc1OC1C2CC3CC(C2)CC1C3. The molecule has 0 aromatic heterocycles. The molecule has 0 aliphatic heterocycles. The lowest BCUT2D eigenvalue weighted by Gasteiger charge is -2.53. The van der Waals surface area contributed by atoms with Crippen LogP contribution in [0.15, 0.2) is 18.2 Å². The molecule has 1 aromatic rings. The molecule has 5 rings (SSSR count). The molecular formula is C18H21NO2. The van der Waals surface area contributed by atoms with E-state index in [9.17, 15) is 0 Å². The average Bonchev–Trinajstić information content (AvgIpc) is 2.50. The van der Waals surface area contributed by atoms with Gasteiger partial charge in [-0.1, -0.05) is 0 Å². The first kappa shape index (κ1) is 13.0. The second-order valence-electron chi connectivity index (χ2n) is 6.99. The first-order chi connectivity index (χ1) is 10.3. The maximum atomic E-state index is 9.09. The van der Waals surface area contributed by atoms with E-state index in [2.05, 4.69) is 6.07 Å². The Morgan fingerprint density at radius 2 is 1.67 bits per heavy atom. The van der Waals surface area contributed by atoms with Crippen LogP contribution in [0.5, 0.6) is 11.5 Å². The number of ether oxygens (including phenoxy) is 2. The number of hydrogen-bond acceptors (Lipinski definition) is 3. The maximum absolute atomic E-state index is 9.09. The summed E-state index contributed by atoms with van der Waals surface area (Å²) in [6.45, 7) is 0. The fourth-order valence-electron chi connectivity index (χ4n) is 5.05. The summed E-state index contributed by atoms with van der Waals surface area (Å²) in [5.41, 5.74) is 0.634. The topological polar surface area (TPSA) is 42.2 Å². The van der Waals surface area contributed by atoms with Crippen LogP contribution in [0.25, 0.3) is 0 Å². The standard InChI is InChI=1S/C18H21NO2/c1-20-16-3-2-11(10-19)9-17(16)21-18-14-5-12-4-13(7-14)8-15(18)6-12/h2-3,9,12-15,18H,4-8H2,1H3. The molecule has 21 heavy (non-hydrogen) atoms. The lowest BCUT2D eigenvalue weighted by Crippen LogP contribution is -2.50. The summed E-state index contributed by atoms with van der Waals surface area (Å²) in [5, 5.41) is 9.09. The van der Waals surface area contributed by atoms with E-state index >= 15 is 0 Å². The van der Waals surface area contributed by atoms with Gasteiger partial charge in [-0.3, -0.25) is 0 Å². The van der Waals surface area contributed by atoms with Crippen LogP contribution in [-0.4, -0.2) is 13.2 Å². The Hall–Kier alpha value is -1.69. The van der Waals surface area contributed by atoms with Crippen molar-refractivity contribution < 1.29 is 9.47 Å². The molecule has 0 unspecified atom stereocenters. The van der Waals surface area contributed by atoms with E-state index in [1.54, 1.807) is 13.2 Å². The summed E-state index contributed by atoms with van der Waals surface area (Å²) in [4.78, 5) is 0. The summed E-state index contributed by atoms with van der Waals surface area (Å²) in [6.07, 6.45) is 7.10. The van der Waals surface area contributed by atoms with Crippen LogP contribution in [0.2, 0.25) is 0 Å². The number of methoxy groups -OCH3 is 1. The van der Waals surface area contributed by atoms with Gasteiger partial charge in [0.2, 0.25) is 0 Å². The van der Waals surface area contributed by atoms with Gasteiger partial charge in [0.15, 0.2) is 11.5 Å². The van der Waals surface area contributed by atoms with Crippen molar-refractivity contribution in [3.63, 3.8) is 0 Å². The smallest absolute Gasteiger partial charge is 0.162 e. The Balaban J connectivity index is 1.60. The third kappa shape index (κ3) is 2.18. The number of benzene rings is 1. The normalized spacial score (nSPS) is 36.3. The summed E-state index contributed by atoms with van der Waals surface area (Å²) in [7, 11) is 1.66. The van der Waals surface area contributed by atoms with Crippen molar-refractivity contribution in [1.29, 1.82) is 5.26 Å². The minimum absolute atomic E-state index is 0.320. The second kappa shape index (κ2) is 4.94. The zero-order chi connectivity index (χ0) is 14.4. The molecule has 0 N–H and O–H groups in total. The van der Waals surface area contributed by atoms with Gasteiger partial charge in [0.1, 0.15) is 6.10 Å². The highest BCUT2D eigenvalue weighted by Gasteiger charge is 2.49. The lowest BCUT2D eigenvalue weighted by molar-refractivity contribution is -0.0795. The summed E-state index contributed by atoms with van der Waals surface area (Å²) >= 11 is 0. The van der Waals surface area contributed by atoms with E-state index in [1.807, 2.05) is 12.1 Å². The van der Waals surface area contributed by atoms with Crippen LogP contribution in [0, 0.1) is 35.0 Å². The Kier molecular flexibility index (Phi) is 3.06. The number of rotatable bonds is 3. The van der Waals surface area contributed by atoms with Gasteiger partial charge >= 0.3 is 0 Å². The van der Waals surface area contributed by atoms with Gasteiger partial charge in [0.25, 0.3) is 0 Å². The third-order valence-electron chi connectivity index (χ3n) is 5.70. The van der Waals surface area contributed by atoms with Crippen LogP contribution in [0.3, 0.4) is 0 Å². The predicted molar refractivity (Wildman–Crippen MR) is 79.2 cm³/mol. The number of nitrogens with zero attached hydrogens (tertiary/aromatic N) is 1. The molecule has 4 fully saturated rings. The van der Waals surface area contributed by atoms with E-state index < -0.39 is 0 Å². The number of hydrogen-bond donors (Lipinski definition) is 0. The van der Waals surface area contributed by atoms with Crippen molar-refractivity contribution in [2.75, 3.05) is 7.11 Å². The molecular weight excluding hydrogens is 262 g/mol. The molecule has 4 aliphatic carbocycles. The Labute approximate surface area is 125 Å². The Morgan fingerprint density at radius 1 is 1.00 bits per heavy atom. The van der Waals surface area contributed by atoms with E-state index in [0.717, 1.165) is 23.3 Å². The first-order valence-corrected chi connectivity index (χ1v) is 8.01. The van der Waals surface area contributed by atoms with Gasteiger partial charge < -0.3 is 9.47 Å². The average molecular weight is 283 g/mol. The third-order valence-corrected chi connectivity index (χ3v) is 5.70. The molecule has 4 bridgehead atoms. The highest BCUT2D eigenvalue weighted by atomic mass is 16.5. The van der Waals surface area contributed by atoms with Crippen LogP contribution < -0.4 is 9.47 Å². The Morgan fingerprint density at radius 3 is 2.24 bits per heavy atom. The van der Waals surface area contributed by atoms with Crippen molar-refractivity contribution >= 4 is 0 Å². The van der Waals surface area contributed by atoms with Crippen molar-refractivity contribution in [2.24, 2.45) is 23.7 Å². The van der Waals surface area contributed by atoms with Crippen LogP contribution in [-0.2, 0) is 0 Å². The van der Waals surface area contributed by atoms with Crippen molar-refractivity contribution in [2.45, 2.75) is 38.2 Å². The summed E-state index contributed by atoms with van der Waals surface area (Å²) in [5.74, 6) is 4.78. The fourth-order valence-corrected chi connectivity index (χ4v) is 5.05. The summed E-state index contributed by atoms with van der Waals surface area (Å²) in [6, 6.07) is 7.63. The molecule has 0 atom stereocenters. The molecule has 0 spiro atoms. The highest BCUT2D eigenvalue weighted by molar-refractivity contribution is 5.46. The second-order valence-corrected chi connectivity index (χ2v) is 6.99. The molecule has 1 aromatic carbocycles. The van der Waals surface area contributed by atoms with Crippen LogP contribution in [0.4, 0.5) is 0 Å². The monoisotopic (exact) mass is 283 g/mol. The van der Waals surface area contributed by atoms with Gasteiger partial charge in [-0.15, -0.1) is 0 Å². The van der Waals surface area contributed by atoms with Crippen LogP contribution >= 0.6 is 0 Å². The quantitative estimate of drug-likeness (QED) is 0.848. The van der Waals surface area contributed by atoms with Gasteiger partial charge in [-0.25, -0.2) is 0 Å². The molecule has 4 aliphatic rings. The molecule has 0 saturated heterocycles. The van der Waals surface area contributed by atoms with Crippen LogP contribution in [0.1, 0.15) is 37.7 Å². The van der Waals surface area contributed by atoms with Gasteiger partial charge in [-0.05, 0) is 67.9 Å². The van der Waals surface area contributed by atoms with Crippen molar-refractivity contribution in [1.82, 2.24) is 0 Å². The highest BCUT2D eigenvalue weighted by Crippen LogP contribution is 2.55. The number of nitriles is 1. The largest absolute Gasteiger partial charge is 0.493 e. The van der Waals surface area contributed by atoms with Gasteiger partial charge in [0.05, 0.1) is 18.7 Å². The maximum Gasteiger partial charge on any atom is 0.162 e. The molecule has 3 nitrogen and oxygen atoms in total. The fraction of sp³-hybridized carbons (Fsp3) is 0.611. The Bertz CT molecular complexity index is 561. The minimum atomic E-state index is 0.320. The zero-order valence-corrected chi connectivity index (χ0v) is 12.4. The summed E-state index contributed by atoms with van der Waals surface area (Å²) < 4.78 is 11.8. The van der Waals surface area contributed by atoms with Gasteiger partial charge in [0, 0.05) is 6.07 Å². The predicted octanol–water partition coefficient (Wildman–Crippen LogP) is 3.77.